The summed E-state index contributed by atoms with van der Waals surface area (Å²) in [5.74, 6) is 2.45. The van der Waals surface area contributed by atoms with Crippen molar-refractivity contribution in [2.45, 2.75) is 6.92 Å². The number of nitrogens with one attached hydrogen (secondary N) is 1. The second-order valence-corrected chi connectivity index (χ2v) is 8.10. The molecule has 0 aliphatic rings. The van der Waals surface area contributed by atoms with Crippen LogP contribution in [0.4, 0.5) is 5.13 Å². The number of nitrogens with zero attached hydrogens (tertiary/aromatic N) is 2. The van der Waals surface area contributed by atoms with Gasteiger partial charge in [-0.1, -0.05) is 41.7 Å². The average molecular weight is 464 g/mol. The van der Waals surface area contributed by atoms with E-state index < -0.39 is 0 Å². The van der Waals surface area contributed by atoms with E-state index in [9.17, 15) is 0 Å². The van der Waals surface area contributed by atoms with Crippen LogP contribution in [0.15, 0.2) is 65.8 Å². The Morgan fingerprint density at radius 1 is 0.909 bits per heavy atom. The topological polar surface area (TPSA) is 74.2 Å². The number of hydrogen-bond donors (Lipinski definition) is 1. The number of aryl methyl sites for hydroxylation is 1. The lowest BCUT2D eigenvalue weighted by Crippen LogP contribution is -2.11. The number of thiazole rings is 1. The minimum absolute atomic E-state index is 0.341. The molecule has 0 atom stereocenters. The number of anilines is 1. The zero-order valence-electron chi connectivity index (χ0n) is 18.7. The molecule has 170 valence electrons. The molecule has 7 nitrogen and oxygen atoms in total. The molecule has 4 aromatic rings. The molecule has 0 bridgehead atoms. The van der Waals surface area contributed by atoms with Crippen molar-refractivity contribution in [2.75, 3.05) is 32.9 Å². The van der Waals surface area contributed by atoms with E-state index in [1.807, 2.05) is 67.6 Å². The predicted octanol–water partition coefficient (Wildman–Crippen LogP) is 5.53. The van der Waals surface area contributed by atoms with Crippen LogP contribution < -0.4 is 24.4 Å². The number of fused-ring (bicyclic) bond motifs is 1. The summed E-state index contributed by atoms with van der Waals surface area (Å²) in [5, 5.41) is 5.03. The van der Waals surface area contributed by atoms with Gasteiger partial charge in [0.1, 0.15) is 19.0 Å². The molecule has 0 saturated carbocycles. The monoisotopic (exact) mass is 463 g/mol. The summed E-state index contributed by atoms with van der Waals surface area (Å²) in [6.07, 6.45) is 1.68. The fourth-order valence-corrected chi connectivity index (χ4v) is 4.03. The Balaban J connectivity index is 1.41. The molecule has 0 unspecified atom stereocenters. The van der Waals surface area contributed by atoms with Crippen molar-refractivity contribution in [1.82, 2.24) is 4.98 Å². The Bertz CT molecular complexity index is 1200. The Kier molecular flexibility index (Phi) is 7.26. The van der Waals surface area contributed by atoms with Gasteiger partial charge in [0.15, 0.2) is 11.5 Å². The van der Waals surface area contributed by atoms with E-state index in [2.05, 4.69) is 15.5 Å². The minimum atomic E-state index is 0.341. The third kappa shape index (κ3) is 5.53. The van der Waals surface area contributed by atoms with Gasteiger partial charge in [0.25, 0.3) is 0 Å². The minimum Gasteiger partial charge on any atom is -0.493 e. The fraction of sp³-hybridized carbons (Fsp3) is 0.200. The maximum absolute atomic E-state index is 5.93. The molecule has 0 spiro atoms. The van der Waals surface area contributed by atoms with E-state index in [4.69, 9.17) is 18.9 Å². The van der Waals surface area contributed by atoms with Crippen molar-refractivity contribution < 1.29 is 18.9 Å². The van der Waals surface area contributed by atoms with Crippen molar-refractivity contribution in [2.24, 2.45) is 5.10 Å². The van der Waals surface area contributed by atoms with Gasteiger partial charge in [-0.3, -0.25) is 5.43 Å². The summed E-state index contributed by atoms with van der Waals surface area (Å²) < 4.78 is 23.9. The van der Waals surface area contributed by atoms with Crippen molar-refractivity contribution in [1.29, 1.82) is 0 Å². The van der Waals surface area contributed by atoms with E-state index in [-0.39, 0.29) is 0 Å². The van der Waals surface area contributed by atoms with Crippen LogP contribution in [0.2, 0.25) is 0 Å². The molecule has 0 aliphatic heterocycles. The van der Waals surface area contributed by atoms with Crippen LogP contribution in [0.5, 0.6) is 23.0 Å². The van der Waals surface area contributed by atoms with Gasteiger partial charge in [-0.2, -0.15) is 5.10 Å². The van der Waals surface area contributed by atoms with E-state index in [1.54, 1.807) is 31.8 Å². The summed E-state index contributed by atoms with van der Waals surface area (Å²) >= 11 is 1.54. The number of methoxy groups -OCH3 is 2. The smallest absolute Gasteiger partial charge is 0.204 e. The van der Waals surface area contributed by atoms with Gasteiger partial charge in [0.2, 0.25) is 10.9 Å². The molecule has 0 saturated heterocycles. The molecular weight excluding hydrogens is 438 g/mol. The van der Waals surface area contributed by atoms with E-state index in [1.165, 1.54) is 0 Å². The highest BCUT2D eigenvalue weighted by molar-refractivity contribution is 7.22. The fourth-order valence-electron chi connectivity index (χ4n) is 3.21. The normalized spacial score (nSPS) is 11.0. The number of benzene rings is 3. The molecule has 3 aromatic carbocycles. The van der Waals surface area contributed by atoms with Crippen LogP contribution in [0, 0.1) is 6.92 Å². The number of aromatic nitrogens is 1. The van der Waals surface area contributed by atoms with Crippen LogP contribution in [-0.4, -0.2) is 38.6 Å². The first-order valence-electron chi connectivity index (χ1n) is 10.4. The van der Waals surface area contributed by atoms with Gasteiger partial charge in [-0.25, -0.2) is 4.98 Å². The van der Waals surface area contributed by atoms with Crippen LogP contribution in [0.3, 0.4) is 0 Å². The van der Waals surface area contributed by atoms with Crippen molar-refractivity contribution in [3.8, 4) is 23.0 Å². The SMILES string of the molecule is COc1cc(/C=N\Nc2nc3ccccc3s2)cc(OC)c1OCCOc1ccccc1C. The van der Waals surface area contributed by atoms with Crippen molar-refractivity contribution in [3.63, 3.8) is 0 Å². The van der Waals surface area contributed by atoms with E-state index in [0.717, 1.165) is 32.2 Å². The number of rotatable bonds is 10. The molecule has 0 fully saturated rings. The van der Waals surface area contributed by atoms with Crippen molar-refractivity contribution in [3.05, 3.63) is 71.8 Å². The van der Waals surface area contributed by atoms with E-state index in [0.29, 0.717) is 30.5 Å². The predicted molar refractivity (Wildman–Crippen MR) is 133 cm³/mol. The van der Waals surface area contributed by atoms with Gasteiger partial charge in [0.05, 0.1) is 30.7 Å². The molecule has 1 heterocycles. The lowest BCUT2D eigenvalue weighted by molar-refractivity contribution is 0.204. The van der Waals surface area contributed by atoms with Gasteiger partial charge >= 0.3 is 0 Å². The summed E-state index contributed by atoms with van der Waals surface area (Å²) in [6, 6.07) is 19.5. The molecule has 33 heavy (non-hydrogen) atoms. The molecule has 4 rings (SSSR count). The van der Waals surface area contributed by atoms with Gasteiger partial charge < -0.3 is 18.9 Å². The molecule has 0 aliphatic carbocycles. The lowest BCUT2D eigenvalue weighted by atomic mass is 10.2. The molecule has 8 heteroatoms. The van der Waals surface area contributed by atoms with Crippen LogP contribution in [-0.2, 0) is 0 Å². The largest absolute Gasteiger partial charge is 0.493 e. The summed E-state index contributed by atoms with van der Waals surface area (Å²) in [7, 11) is 3.18. The second-order valence-electron chi connectivity index (χ2n) is 7.07. The Morgan fingerprint density at radius 2 is 1.61 bits per heavy atom. The standard InChI is InChI=1S/C25H25N3O4S/c1-17-8-4-6-10-20(17)31-12-13-32-24-21(29-2)14-18(15-22(24)30-3)16-26-28-25-27-19-9-5-7-11-23(19)33-25/h4-11,14-16H,12-13H2,1-3H3,(H,27,28)/b26-16-. The molecular formula is C25H25N3O4S. The highest BCUT2D eigenvalue weighted by Gasteiger charge is 2.14. The Labute approximate surface area is 196 Å². The van der Waals surface area contributed by atoms with Gasteiger partial charge in [-0.15, -0.1) is 0 Å². The van der Waals surface area contributed by atoms with Crippen LogP contribution in [0.25, 0.3) is 10.2 Å². The van der Waals surface area contributed by atoms with Crippen molar-refractivity contribution >= 4 is 32.9 Å². The molecule has 0 radical (unpaired) electrons. The summed E-state index contributed by atoms with van der Waals surface area (Å²) in [5.41, 5.74) is 5.79. The number of hydrazone groups is 1. The highest BCUT2D eigenvalue weighted by Crippen LogP contribution is 2.38. The molecule has 1 N–H and O–H groups in total. The highest BCUT2D eigenvalue weighted by atomic mass is 32.1. The first-order valence-corrected chi connectivity index (χ1v) is 11.2. The molecule has 1 aromatic heterocycles. The zero-order chi connectivity index (χ0) is 23.0. The first-order chi connectivity index (χ1) is 16.2. The third-order valence-electron chi connectivity index (χ3n) is 4.83. The maximum Gasteiger partial charge on any atom is 0.204 e. The number of ether oxygens (including phenoxy) is 4. The average Bonchev–Trinajstić information content (AvgIpc) is 3.25. The second kappa shape index (κ2) is 10.7. The molecule has 0 amide bonds. The number of para-hydroxylation sites is 2. The summed E-state index contributed by atoms with van der Waals surface area (Å²) in [6.45, 7) is 2.74. The Hall–Kier alpha value is -3.78. The number of hydrogen-bond acceptors (Lipinski definition) is 8. The van der Waals surface area contributed by atoms with Gasteiger partial charge in [0, 0.05) is 5.56 Å². The maximum atomic E-state index is 5.93. The van der Waals surface area contributed by atoms with E-state index >= 15 is 0 Å². The summed E-state index contributed by atoms with van der Waals surface area (Å²) in [4.78, 5) is 4.51. The van der Waals surface area contributed by atoms with Gasteiger partial charge in [-0.05, 0) is 42.8 Å². The quantitative estimate of drug-likeness (QED) is 0.189. The zero-order valence-corrected chi connectivity index (χ0v) is 19.5. The Morgan fingerprint density at radius 3 is 2.33 bits per heavy atom. The van der Waals surface area contributed by atoms with Crippen LogP contribution >= 0.6 is 11.3 Å². The first kappa shape index (κ1) is 22.4. The van der Waals surface area contributed by atoms with Crippen LogP contribution in [0.1, 0.15) is 11.1 Å². The lowest BCUT2D eigenvalue weighted by Gasteiger charge is -2.16. The third-order valence-corrected chi connectivity index (χ3v) is 5.77.